The minimum absolute atomic E-state index is 0.320. The highest BCUT2D eigenvalue weighted by Crippen LogP contribution is 2.21. The minimum Gasteiger partial charge on any atom is -0.469 e. The van der Waals surface area contributed by atoms with Gasteiger partial charge in [0.2, 0.25) is 0 Å². The Kier molecular flexibility index (Phi) is 5.13. The van der Waals surface area contributed by atoms with Crippen LogP contribution in [0.4, 0.5) is 10.5 Å². The lowest BCUT2D eigenvalue weighted by Crippen LogP contribution is -2.27. The molecule has 1 atom stereocenters. The number of benzene rings is 1. The summed E-state index contributed by atoms with van der Waals surface area (Å²) >= 11 is 0. The number of anilines is 1. The fourth-order valence-corrected chi connectivity index (χ4v) is 1.62. The second kappa shape index (κ2) is 6.41. The zero-order chi connectivity index (χ0) is 15.3. The van der Waals surface area contributed by atoms with Crippen molar-refractivity contribution < 1.29 is 19.1 Å². The maximum absolute atomic E-state index is 11.7. The van der Waals surface area contributed by atoms with Gasteiger partial charge in [-0.2, -0.15) is 0 Å². The molecule has 1 aromatic carbocycles. The van der Waals surface area contributed by atoms with Crippen molar-refractivity contribution in [3.05, 3.63) is 29.8 Å². The standard InChI is InChI=1S/C15H21NO4/c1-10(13(17)19-5)11-7-6-8-12(9-11)16-14(18)20-15(2,3)4/h6-10H,1-5H3,(H,16,18). The van der Waals surface area contributed by atoms with E-state index < -0.39 is 11.7 Å². The molecule has 1 unspecified atom stereocenters. The van der Waals surface area contributed by atoms with Crippen molar-refractivity contribution in [2.75, 3.05) is 12.4 Å². The van der Waals surface area contributed by atoms with E-state index in [0.717, 1.165) is 5.56 Å². The number of amides is 1. The van der Waals surface area contributed by atoms with Crippen molar-refractivity contribution in [1.29, 1.82) is 0 Å². The number of methoxy groups -OCH3 is 1. The van der Waals surface area contributed by atoms with Gasteiger partial charge in [0.15, 0.2) is 0 Å². The fourth-order valence-electron chi connectivity index (χ4n) is 1.62. The van der Waals surface area contributed by atoms with Gasteiger partial charge in [-0.15, -0.1) is 0 Å². The van der Waals surface area contributed by atoms with Gasteiger partial charge in [-0.05, 0) is 45.4 Å². The predicted molar refractivity (Wildman–Crippen MR) is 76.7 cm³/mol. The molecule has 0 saturated carbocycles. The summed E-state index contributed by atoms with van der Waals surface area (Å²) in [5.41, 5.74) is 0.791. The van der Waals surface area contributed by atoms with Gasteiger partial charge in [-0.3, -0.25) is 10.1 Å². The molecule has 1 aromatic rings. The van der Waals surface area contributed by atoms with Gasteiger partial charge in [0, 0.05) is 5.69 Å². The minimum atomic E-state index is -0.555. The monoisotopic (exact) mass is 279 g/mol. The third kappa shape index (κ3) is 4.91. The molecule has 5 nitrogen and oxygen atoms in total. The van der Waals surface area contributed by atoms with Gasteiger partial charge in [-0.25, -0.2) is 4.79 Å². The summed E-state index contributed by atoms with van der Waals surface area (Å²) in [4.78, 5) is 23.2. The molecule has 1 N–H and O–H groups in total. The van der Waals surface area contributed by atoms with E-state index in [2.05, 4.69) is 5.32 Å². The van der Waals surface area contributed by atoms with Gasteiger partial charge >= 0.3 is 12.1 Å². The Labute approximate surface area is 119 Å². The Hall–Kier alpha value is -2.04. The van der Waals surface area contributed by atoms with Gasteiger partial charge < -0.3 is 9.47 Å². The lowest BCUT2D eigenvalue weighted by atomic mass is 10.0. The molecule has 0 bridgehead atoms. The van der Waals surface area contributed by atoms with Crippen LogP contribution >= 0.6 is 0 Å². The number of hydrogen-bond acceptors (Lipinski definition) is 4. The number of hydrogen-bond donors (Lipinski definition) is 1. The first-order valence-corrected chi connectivity index (χ1v) is 6.40. The third-order valence-electron chi connectivity index (χ3n) is 2.59. The molecule has 110 valence electrons. The molecule has 0 aliphatic carbocycles. The first kappa shape index (κ1) is 16.0. The van der Waals surface area contributed by atoms with E-state index in [0.29, 0.717) is 5.69 Å². The van der Waals surface area contributed by atoms with Crippen molar-refractivity contribution in [3.63, 3.8) is 0 Å². The van der Waals surface area contributed by atoms with Crippen molar-refractivity contribution in [2.45, 2.75) is 39.2 Å². The van der Waals surface area contributed by atoms with Crippen LogP contribution in [0.15, 0.2) is 24.3 Å². The van der Waals surface area contributed by atoms with E-state index in [1.807, 2.05) is 6.07 Å². The molecule has 0 aliphatic rings. The summed E-state index contributed by atoms with van der Waals surface area (Å²) in [6.45, 7) is 7.13. The van der Waals surface area contributed by atoms with Crippen molar-refractivity contribution in [1.82, 2.24) is 0 Å². The fraction of sp³-hybridized carbons (Fsp3) is 0.467. The van der Waals surface area contributed by atoms with Gasteiger partial charge in [0.05, 0.1) is 13.0 Å². The van der Waals surface area contributed by atoms with Gasteiger partial charge in [-0.1, -0.05) is 12.1 Å². The van der Waals surface area contributed by atoms with E-state index in [1.165, 1.54) is 7.11 Å². The van der Waals surface area contributed by atoms with Crippen LogP contribution in [0, 0.1) is 0 Å². The number of carbonyl (C=O) groups is 2. The van der Waals surface area contributed by atoms with E-state index in [4.69, 9.17) is 9.47 Å². The molecule has 0 heterocycles. The summed E-state index contributed by atoms with van der Waals surface area (Å²) in [6.07, 6.45) is -0.527. The van der Waals surface area contributed by atoms with Crippen LogP contribution in [-0.4, -0.2) is 24.8 Å². The molecule has 0 aliphatic heterocycles. The molecule has 0 saturated heterocycles. The van der Waals surface area contributed by atoms with Gasteiger partial charge in [0.25, 0.3) is 0 Å². The number of nitrogens with one attached hydrogen (secondary N) is 1. The Morgan fingerprint density at radius 1 is 1.25 bits per heavy atom. The first-order valence-electron chi connectivity index (χ1n) is 6.40. The molecule has 0 aromatic heterocycles. The Morgan fingerprint density at radius 3 is 2.45 bits per heavy atom. The third-order valence-corrected chi connectivity index (χ3v) is 2.59. The summed E-state index contributed by atoms with van der Waals surface area (Å²) in [5.74, 6) is -0.709. The summed E-state index contributed by atoms with van der Waals surface area (Å²) in [5, 5.41) is 2.64. The SMILES string of the molecule is COC(=O)C(C)c1cccc(NC(=O)OC(C)(C)C)c1. The molecule has 1 amide bonds. The lowest BCUT2D eigenvalue weighted by Gasteiger charge is -2.20. The number of esters is 1. The molecule has 0 fully saturated rings. The molecule has 0 radical (unpaired) electrons. The van der Waals surface area contributed by atoms with Crippen molar-refractivity contribution in [3.8, 4) is 0 Å². The van der Waals surface area contributed by atoms with Crippen LogP contribution < -0.4 is 5.32 Å². The number of carbonyl (C=O) groups excluding carboxylic acids is 2. The van der Waals surface area contributed by atoms with Crippen LogP contribution in [0.5, 0.6) is 0 Å². The zero-order valence-corrected chi connectivity index (χ0v) is 12.5. The van der Waals surface area contributed by atoms with Crippen LogP contribution in [0.3, 0.4) is 0 Å². The number of rotatable bonds is 3. The summed E-state index contributed by atoms with van der Waals surface area (Å²) in [6, 6.07) is 7.03. The molecule has 5 heteroatoms. The van der Waals surface area contributed by atoms with E-state index in [-0.39, 0.29) is 11.9 Å². The second-order valence-corrected chi connectivity index (χ2v) is 5.50. The van der Waals surface area contributed by atoms with Gasteiger partial charge in [0.1, 0.15) is 5.60 Å². The maximum Gasteiger partial charge on any atom is 0.412 e. The highest BCUT2D eigenvalue weighted by atomic mass is 16.6. The van der Waals surface area contributed by atoms with Crippen LogP contribution in [0.2, 0.25) is 0 Å². The molecular formula is C15H21NO4. The highest BCUT2D eigenvalue weighted by molar-refractivity contribution is 5.85. The molecule has 0 spiro atoms. The normalized spacial score (nSPS) is 12.4. The van der Waals surface area contributed by atoms with E-state index in [1.54, 1.807) is 45.9 Å². The summed E-state index contributed by atoms with van der Waals surface area (Å²) in [7, 11) is 1.35. The Balaban J connectivity index is 2.78. The smallest absolute Gasteiger partial charge is 0.412 e. The molecule has 1 rings (SSSR count). The van der Waals surface area contributed by atoms with Crippen molar-refractivity contribution in [2.24, 2.45) is 0 Å². The quantitative estimate of drug-likeness (QED) is 0.862. The van der Waals surface area contributed by atoms with E-state index in [9.17, 15) is 9.59 Å². The summed E-state index contributed by atoms with van der Waals surface area (Å²) < 4.78 is 9.87. The van der Waals surface area contributed by atoms with E-state index >= 15 is 0 Å². The number of ether oxygens (including phenoxy) is 2. The average molecular weight is 279 g/mol. The predicted octanol–water partition coefficient (Wildman–Crippen LogP) is 3.31. The topological polar surface area (TPSA) is 64.6 Å². The molecular weight excluding hydrogens is 258 g/mol. The highest BCUT2D eigenvalue weighted by Gasteiger charge is 2.18. The Morgan fingerprint density at radius 2 is 1.90 bits per heavy atom. The largest absolute Gasteiger partial charge is 0.469 e. The second-order valence-electron chi connectivity index (χ2n) is 5.50. The lowest BCUT2D eigenvalue weighted by molar-refractivity contribution is -0.141. The first-order chi connectivity index (χ1) is 9.23. The van der Waals surface area contributed by atoms with Crippen LogP contribution in [0.1, 0.15) is 39.2 Å². The zero-order valence-electron chi connectivity index (χ0n) is 12.5. The average Bonchev–Trinajstić information content (AvgIpc) is 2.34. The van der Waals surface area contributed by atoms with Crippen molar-refractivity contribution >= 4 is 17.7 Å². The Bertz CT molecular complexity index is 491. The maximum atomic E-state index is 11.7. The van der Waals surface area contributed by atoms with Crippen LogP contribution in [0.25, 0.3) is 0 Å². The molecule has 20 heavy (non-hydrogen) atoms. The van der Waals surface area contributed by atoms with Crippen LogP contribution in [-0.2, 0) is 14.3 Å².